The molecule has 0 saturated heterocycles. The van der Waals surface area contributed by atoms with Gasteiger partial charge in [0.1, 0.15) is 5.69 Å². The first-order valence-electron chi connectivity index (χ1n) is 6.97. The van der Waals surface area contributed by atoms with E-state index < -0.39 is 0 Å². The molecule has 5 heteroatoms. The average Bonchev–Trinajstić information content (AvgIpc) is 2.53. The van der Waals surface area contributed by atoms with Gasteiger partial charge in [-0.15, -0.1) is 0 Å². The van der Waals surface area contributed by atoms with E-state index in [0.29, 0.717) is 17.9 Å². The normalized spacial score (nSPS) is 10.6. The van der Waals surface area contributed by atoms with Gasteiger partial charge in [0.05, 0.1) is 0 Å². The summed E-state index contributed by atoms with van der Waals surface area (Å²) in [5.41, 5.74) is 9.00. The number of rotatable bonds is 3. The molecule has 2 heterocycles. The van der Waals surface area contributed by atoms with Gasteiger partial charge in [0, 0.05) is 41.6 Å². The van der Waals surface area contributed by atoms with E-state index in [1.807, 2.05) is 37.3 Å². The number of carbonyl (C=O) groups excluding carboxylic acids is 1. The van der Waals surface area contributed by atoms with E-state index in [9.17, 15) is 4.79 Å². The fraction of sp³-hybridized carbons (Fsp3) is 0.118. The van der Waals surface area contributed by atoms with Crippen molar-refractivity contribution in [1.29, 1.82) is 0 Å². The number of amides is 1. The SMILES string of the molecule is Cc1cc(N)c2ccnc(C(=O)NCc3cccnc3)c2c1. The van der Waals surface area contributed by atoms with Crippen LogP contribution in [0.1, 0.15) is 21.6 Å². The molecule has 0 radical (unpaired) electrons. The Kier molecular flexibility index (Phi) is 3.70. The highest BCUT2D eigenvalue weighted by Crippen LogP contribution is 2.24. The number of nitrogens with one attached hydrogen (secondary N) is 1. The summed E-state index contributed by atoms with van der Waals surface area (Å²) < 4.78 is 0. The minimum atomic E-state index is -0.223. The summed E-state index contributed by atoms with van der Waals surface area (Å²) in [7, 11) is 0. The Morgan fingerprint density at radius 1 is 1.23 bits per heavy atom. The van der Waals surface area contributed by atoms with Gasteiger partial charge in [0.15, 0.2) is 0 Å². The van der Waals surface area contributed by atoms with Crippen LogP contribution in [0.2, 0.25) is 0 Å². The van der Waals surface area contributed by atoms with Crippen LogP contribution >= 0.6 is 0 Å². The smallest absolute Gasteiger partial charge is 0.270 e. The molecule has 0 spiro atoms. The van der Waals surface area contributed by atoms with E-state index in [-0.39, 0.29) is 5.91 Å². The molecule has 0 aliphatic heterocycles. The molecule has 0 bridgehead atoms. The van der Waals surface area contributed by atoms with Crippen molar-refractivity contribution in [2.75, 3.05) is 5.73 Å². The first-order valence-corrected chi connectivity index (χ1v) is 6.97. The first-order chi connectivity index (χ1) is 10.6. The molecule has 0 unspecified atom stereocenters. The van der Waals surface area contributed by atoms with E-state index in [1.165, 1.54) is 0 Å². The number of benzene rings is 1. The number of aryl methyl sites for hydroxylation is 1. The fourth-order valence-corrected chi connectivity index (χ4v) is 2.41. The molecule has 1 aromatic carbocycles. The lowest BCUT2D eigenvalue weighted by Gasteiger charge is -2.09. The van der Waals surface area contributed by atoms with Gasteiger partial charge < -0.3 is 11.1 Å². The number of nitrogens with zero attached hydrogens (tertiary/aromatic N) is 2. The highest BCUT2D eigenvalue weighted by atomic mass is 16.1. The maximum atomic E-state index is 12.4. The lowest BCUT2D eigenvalue weighted by Crippen LogP contribution is -2.24. The maximum absolute atomic E-state index is 12.4. The summed E-state index contributed by atoms with van der Waals surface area (Å²) >= 11 is 0. The summed E-state index contributed by atoms with van der Waals surface area (Å²) in [6.07, 6.45) is 5.02. The van der Waals surface area contributed by atoms with Gasteiger partial charge in [-0.1, -0.05) is 6.07 Å². The second kappa shape index (κ2) is 5.81. The molecular weight excluding hydrogens is 276 g/mol. The number of pyridine rings is 2. The molecule has 3 N–H and O–H groups in total. The monoisotopic (exact) mass is 292 g/mol. The van der Waals surface area contributed by atoms with Gasteiger partial charge in [-0.2, -0.15) is 0 Å². The summed E-state index contributed by atoms with van der Waals surface area (Å²) in [6.45, 7) is 2.35. The van der Waals surface area contributed by atoms with Crippen molar-refractivity contribution in [3.8, 4) is 0 Å². The van der Waals surface area contributed by atoms with Gasteiger partial charge in [-0.25, -0.2) is 0 Å². The van der Waals surface area contributed by atoms with Crippen LogP contribution in [0.4, 0.5) is 5.69 Å². The maximum Gasteiger partial charge on any atom is 0.270 e. The Morgan fingerprint density at radius 2 is 2.09 bits per heavy atom. The quantitative estimate of drug-likeness (QED) is 0.727. The fourth-order valence-electron chi connectivity index (χ4n) is 2.41. The minimum Gasteiger partial charge on any atom is -0.398 e. The van der Waals surface area contributed by atoms with Gasteiger partial charge >= 0.3 is 0 Å². The molecule has 0 aliphatic carbocycles. The summed E-state index contributed by atoms with van der Waals surface area (Å²) in [5, 5.41) is 4.47. The second-order valence-electron chi connectivity index (χ2n) is 5.15. The van der Waals surface area contributed by atoms with E-state index in [1.54, 1.807) is 18.6 Å². The number of hydrogen-bond acceptors (Lipinski definition) is 4. The Labute approximate surface area is 128 Å². The molecule has 0 atom stereocenters. The molecule has 110 valence electrons. The predicted octanol–water partition coefficient (Wildman–Crippen LogP) is 2.45. The standard InChI is InChI=1S/C17H16N4O/c1-11-7-14-13(15(18)8-11)4-6-20-16(14)17(22)21-10-12-3-2-5-19-9-12/h2-9H,10,18H2,1H3,(H,21,22). The Hall–Kier alpha value is -2.95. The van der Waals surface area contributed by atoms with Gasteiger partial charge in [0.25, 0.3) is 5.91 Å². The molecule has 0 fully saturated rings. The van der Waals surface area contributed by atoms with Crippen molar-refractivity contribution < 1.29 is 4.79 Å². The summed E-state index contributed by atoms with van der Waals surface area (Å²) in [4.78, 5) is 20.7. The lowest BCUT2D eigenvalue weighted by molar-refractivity contribution is 0.0948. The van der Waals surface area contributed by atoms with Crippen LogP contribution in [0, 0.1) is 6.92 Å². The number of fused-ring (bicyclic) bond motifs is 1. The molecule has 22 heavy (non-hydrogen) atoms. The van der Waals surface area contributed by atoms with Crippen molar-refractivity contribution in [3.63, 3.8) is 0 Å². The van der Waals surface area contributed by atoms with E-state index in [0.717, 1.165) is 21.9 Å². The van der Waals surface area contributed by atoms with Crippen molar-refractivity contribution >= 4 is 22.4 Å². The third-order valence-electron chi connectivity index (χ3n) is 3.45. The molecule has 1 amide bonds. The van der Waals surface area contributed by atoms with Gasteiger partial charge in [-0.3, -0.25) is 14.8 Å². The van der Waals surface area contributed by atoms with E-state index >= 15 is 0 Å². The van der Waals surface area contributed by atoms with Crippen LogP contribution in [0.5, 0.6) is 0 Å². The third-order valence-corrected chi connectivity index (χ3v) is 3.45. The highest BCUT2D eigenvalue weighted by Gasteiger charge is 2.13. The lowest BCUT2D eigenvalue weighted by atomic mass is 10.0. The van der Waals surface area contributed by atoms with Gasteiger partial charge in [0.2, 0.25) is 0 Å². The van der Waals surface area contributed by atoms with E-state index in [2.05, 4.69) is 15.3 Å². The van der Waals surface area contributed by atoms with Crippen molar-refractivity contribution in [2.24, 2.45) is 0 Å². The van der Waals surface area contributed by atoms with Crippen LogP contribution in [0.15, 0.2) is 48.9 Å². The van der Waals surface area contributed by atoms with Crippen LogP contribution in [-0.2, 0) is 6.54 Å². The van der Waals surface area contributed by atoms with Crippen LogP contribution in [0.25, 0.3) is 10.8 Å². The van der Waals surface area contributed by atoms with E-state index in [4.69, 9.17) is 5.73 Å². The van der Waals surface area contributed by atoms with Crippen molar-refractivity contribution in [1.82, 2.24) is 15.3 Å². The molecule has 0 saturated carbocycles. The molecule has 0 aliphatic rings. The Balaban J connectivity index is 1.91. The average molecular weight is 292 g/mol. The molecular formula is C17H16N4O. The highest BCUT2D eigenvalue weighted by molar-refractivity contribution is 6.08. The molecule has 2 aromatic heterocycles. The molecule has 5 nitrogen and oxygen atoms in total. The van der Waals surface area contributed by atoms with Crippen LogP contribution in [0.3, 0.4) is 0 Å². The molecule has 3 rings (SSSR count). The minimum absolute atomic E-state index is 0.223. The summed E-state index contributed by atoms with van der Waals surface area (Å²) in [5.74, 6) is -0.223. The summed E-state index contributed by atoms with van der Waals surface area (Å²) in [6, 6.07) is 9.38. The van der Waals surface area contributed by atoms with Crippen LogP contribution in [-0.4, -0.2) is 15.9 Å². The number of carbonyl (C=O) groups is 1. The zero-order chi connectivity index (χ0) is 15.5. The Bertz CT molecular complexity index is 831. The number of anilines is 1. The zero-order valence-corrected chi connectivity index (χ0v) is 12.2. The topological polar surface area (TPSA) is 80.9 Å². The zero-order valence-electron chi connectivity index (χ0n) is 12.2. The Morgan fingerprint density at radius 3 is 2.86 bits per heavy atom. The number of nitrogen functional groups attached to an aromatic ring is 1. The van der Waals surface area contributed by atoms with Gasteiger partial charge in [-0.05, 0) is 42.3 Å². The second-order valence-corrected chi connectivity index (χ2v) is 5.15. The van der Waals surface area contributed by atoms with Crippen molar-refractivity contribution in [3.05, 3.63) is 65.7 Å². The first kappa shape index (κ1) is 14.0. The third kappa shape index (κ3) is 2.74. The number of nitrogens with two attached hydrogens (primary N) is 1. The molecule has 3 aromatic rings. The largest absolute Gasteiger partial charge is 0.398 e. The van der Waals surface area contributed by atoms with Crippen LogP contribution < -0.4 is 11.1 Å². The number of aromatic nitrogens is 2. The predicted molar refractivity (Wildman–Crippen MR) is 86.3 cm³/mol. The number of hydrogen-bond donors (Lipinski definition) is 2. The van der Waals surface area contributed by atoms with Crippen molar-refractivity contribution in [2.45, 2.75) is 13.5 Å².